The molecule has 7 nitrogen and oxygen atoms in total. The zero-order valence-corrected chi connectivity index (χ0v) is 17.1. The molecule has 29 heavy (non-hydrogen) atoms. The predicted octanol–water partition coefficient (Wildman–Crippen LogP) is 2.92. The second kappa shape index (κ2) is 9.37. The van der Waals surface area contributed by atoms with E-state index in [9.17, 15) is 9.59 Å². The van der Waals surface area contributed by atoms with Crippen molar-refractivity contribution in [2.24, 2.45) is 0 Å². The lowest BCUT2D eigenvalue weighted by Crippen LogP contribution is -2.37. The number of aromatic nitrogens is 1. The highest BCUT2D eigenvalue weighted by molar-refractivity contribution is 7.18. The van der Waals surface area contributed by atoms with Crippen molar-refractivity contribution in [1.29, 1.82) is 5.26 Å². The van der Waals surface area contributed by atoms with Gasteiger partial charge in [-0.05, 0) is 23.8 Å². The first-order valence-electron chi connectivity index (χ1n) is 8.64. The highest BCUT2D eigenvalue weighted by Gasteiger charge is 2.14. The van der Waals surface area contributed by atoms with Gasteiger partial charge in [0.2, 0.25) is 11.8 Å². The second-order valence-electron chi connectivity index (χ2n) is 6.03. The monoisotopic (exact) mass is 428 g/mol. The summed E-state index contributed by atoms with van der Waals surface area (Å²) < 4.78 is 6.42. The number of ether oxygens (including phenoxy) is 1. The Morgan fingerprint density at radius 1 is 1.24 bits per heavy atom. The Morgan fingerprint density at radius 3 is 2.79 bits per heavy atom. The Kier molecular flexibility index (Phi) is 6.65. The molecule has 0 fully saturated rings. The standard InChI is InChI=1S/C20H17ClN4O3S/c1-28-16-9-15-17(8-14(16)12-3-2-4-13(21)7-12)29-20(25-15)10-18(26)24-11-19(27)23-6-5-22/h2-4,7-9H,6,10-11H2,1H3,(H,23,27)(H,24,26). The number of carbonyl (C=O) groups is 2. The van der Waals surface area contributed by atoms with E-state index in [4.69, 9.17) is 21.6 Å². The Hall–Kier alpha value is -3.15. The Morgan fingerprint density at radius 2 is 2.07 bits per heavy atom. The van der Waals surface area contributed by atoms with E-state index in [2.05, 4.69) is 15.6 Å². The topological polar surface area (TPSA) is 104 Å². The lowest BCUT2D eigenvalue weighted by atomic mass is 10.0. The number of nitrogens with one attached hydrogen (secondary N) is 2. The van der Waals surface area contributed by atoms with Gasteiger partial charge in [0.15, 0.2) is 0 Å². The van der Waals surface area contributed by atoms with Crippen molar-refractivity contribution in [1.82, 2.24) is 15.6 Å². The van der Waals surface area contributed by atoms with Crippen LogP contribution in [0.1, 0.15) is 5.01 Å². The van der Waals surface area contributed by atoms with E-state index in [1.807, 2.05) is 30.3 Å². The molecule has 3 aromatic rings. The lowest BCUT2D eigenvalue weighted by molar-refractivity contribution is -0.125. The summed E-state index contributed by atoms with van der Waals surface area (Å²) >= 11 is 7.51. The van der Waals surface area contributed by atoms with Crippen LogP contribution >= 0.6 is 22.9 Å². The molecule has 0 aliphatic rings. The van der Waals surface area contributed by atoms with E-state index in [1.54, 1.807) is 19.2 Å². The molecule has 0 unspecified atom stereocenters. The smallest absolute Gasteiger partial charge is 0.240 e. The Balaban J connectivity index is 1.77. The Labute approximate surface area is 176 Å². The summed E-state index contributed by atoms with van der Waals surface area (Å²) in [6.45, 7) is -0.276. The molecular weight excluding hydrogens is 412 g/mol. The van der Waals surface area contributed by atoms with Crippen LogP contribution in [0.15, 0.2) is 36.4 Å². The number of carbonyl (C=O) groups excluding carboxylic acids is 2. The first-order chi connectivity index (χ1) is 14.0. The fourth-order valence-electron chi connectivity index (χ4n) is 2.71. The number of methoxy groups -OCH3 is 1. The molecule has 9 heteroatoms. The minimum atomic E-state index is -0.417. The SMILES string of the molecule is COc1cc2nc(CC(=O)NCC(=O)NCC#N)sc2cc1-c1cccc(Cl)c1. The average Bonchev–Trinajstić information content (AvgIpc) is 3.10. The van der Waals surface area contributed by atoms with Gasteiger partial charge in [0.25, 0.3) is 0 Å². The molecule has 0 bridgehead atoms. The van der Waals surface area contributed by atoms with E-state index in [1.165, 1.54) is 11.3 Å². The van der Waals surface area contributed by atoms with E-state index in [0.29, 0.717) is 15.8 Å². The number of amides is 2. The molecule has 2 amide bonds. The van der Waals surface area contributed by atoms with Gasteiger partial charge < -0.3 is 15.4 Å². The van der Waals surface area contributed by atoms with E-state index < -0.39 is 5.91 Å². The van der Waals surface area contributed by atoms with Crippen molar-refractivity contribution in [3.63, 3.8) is 0 Å². The normalized spacial score (nSPS) is 10.4. The molecule has 148 valence electrons. The van der Waals surface area contributed by atoms with Gasteiger partial charge in [-0.3, -0.25) is 9.59 Å². The first kappa shape index (κ1) is 20.6. The maximum atomic E-state index is 12.1. The number of thiazole rings is 1. The molecule has 0 saturated carbocycles. The summed E-state index contributed by atoms with van der Waals surface area (Å²) in [4.78, 5) is 28.0. The van der Waals surface area contributed by atoms with E-state index in [0.717, 1.165) is 21.3 Å². The lowest BCUT2D eigenvalue weighted by Gasteiger charge is -2.09. The van der Waals surface area contributed by atoms with Gasteiger partial charge in [0.05, 0.1) is 36.4 Å². The average molecular weight is 429 g/mol. The highest BCUT2D eigenvalue weighted by atomic mass is 35.5. The molecule has 0 aliphatic heterocycles. The molecule has 3 rings (SSSR count). The number of halogens is 1. The predicted molar refractivity (Wildman–Crippen MR) is 112 cm³/mol. The third-order valence-electron chi connectivity index (χ3n) is 4.01. The van der Waals surface area contributed by atoms with Gasteiger partial charge in [-0.2, -0.15) is 5.26 Å². The van der Waals surface area contributed by atoms with Gasteiger partial charge in [-0.25, -0.2) is 4.98 Å². The highest BCUT2D eigenvalue weighted by Crippen LogP contribution is 2.37. The van der Waals surface area contributed by atoms with Crippen molar-refractivity contribution in [3.05, 3.63) is 46.4 Å². The third kappa shape index (κ3) is 5.22. The van der Waals surface area contributed by atoms with Crippen LogP contribution in [0.25, 0.3) is 21.3 Å². The number of benzene rings is 2. The van der Waals surface area contributed by atoms with Crippen LogP contribution in [0.5, 0.6) is 5.75 Å². The number of nitrogens with zero attached hydrogens (tertiary/aromatic N) is 2. The molecule has 0 radical (unpaired) electrons. The zero-order valence-electron chi connectivity index (χ0n) is 15.5. The second-order valence-corrected chi connectivity index (χ2v) is 7.58. The van der Waals surface area contributed by atoms with Crippen molar-refractivity contribution < 1.29 is 14.3 Å². The molecule has 2 N–H and O–H groups in total. The molecular formula is C20H17ClN4O3S. The summed E-state index contributed by atoms with van der Waals surface area (Å²) in [7, 11) is 1.59. The van der Waals surface area contributed by atoms with Crippen molar-refractivity contribution in [2.45, 2.75) is 6.42 Å². The van der Waals surface area contributed by atoms with Gasteiger partial charge in [0, 0.05) is 16.7 Å². The van der Waals surface area contributed by atoms with Gasteiger partial charge in [-0.1, -0.05) is 23.7 Å². The van der Waals surface area contributed by atoms with Crippen LogP contribution in [0, 0.1) is 11.3 Å². The fourth-order valence-corrected chi connectivity index (χ4v) is 3.89. The molecule has 1 heterocycles. The Bertz CT molecular complexity index is 1110. The van der Waals surface area contributed by atoms with E-state index >= 15 is 0 Å². The van der Waals surface area contributed by atoms with Crippen LogP contribution in [-0.2, 0) is 16.0 Å². The number of hydrogen-bond acceptors (Lipinski definition) is 6. The molecule has 2 aromatic carbocycles. The largest absolute Gasteiger partial charge is 0.496 e. The first-order valence-corrected chi connectivity index (χ1v) is 9.83. The molecule has 0 aliphatic carbocycles. The number of rotatable bonds is 7. The third-order valence-corrected chi connectivity index (χ3v) is 5.27. The minimum Gasteiger partial charge on any atom is -0.496 e. The van der Waals surface area contributed by atoms with Gasteiger partial charge in [0.1, 0.15) is 17.3 Å². The van der Waals surface area contributed by atoms with Crippen LogP contribution in [0.4, 0.5) is 0 Å². The van der Waals surface area contributed by atoms with E-state index in [-0.39, 0.29) is 25.4 Å². The molecule has 0 saturated heterocycles. The quantitative estimate of drug-likeness (QED) is 0.563. The summed E-state index contributed by atoms with van der Waals surface area (Å²) in [6.07, 6.45) is 0.0552. The van der Waals surface area contributed by atoms with Crippen LogP contribution in [0.2, 0.25) is 5.02 Å². The van der Waals surface area contributed by atoms with Crippen LogP contribution in [-0.4, -0.2) is 37.0 Å². The number of hydrogen-bond donors (Lipinski definition) is 2. The summed E-state index contributed by atoms with van der Waals surface area (Å²) in [5.74, 6) is -0.0754. The van der Waals surface area contributed by atoms with Crippen molar-refractivity contribution in [2.75, 3.05) is 20.2 Å². The molecule has 0 spiro atoms. The summed E-state index contributed by atoms with van der Waals surface area (Å²) in [5.41, 5.74) is 2.54. The molecule has 0 atom stereocenters. The van der Waals surface area contributed by atoms with Crippen molar-refractivity contribution in [3.8, 4) is 22.9 Å². The fraction of sp³-hybridized carbons (Fsp3) is 0.200. The van der Waals surface area contributed by atoms with Crippen LogP contribution < -0.4 is 15.4 Å². The molecule has 1 aromatic heterocycles. The summed E-state index contributed by atoms with van der Waals surface area (Å²) in [5, 5.41) is 14.6. The zero-order chi connectivity index (χ0) is 20.8. The van der Waals surface area contributed by atoms with Crippen LogP contribution in [0.3, 0.4) is 0 Å². The number of fused-ring (bicyclic) bond motifs is 1. The van der Waals surface area contributed by atoms with Gasteiger partial charge in [-0.15, -0.1) is 11.3 Å². The maximum Gasteiger partial charge on any atom is 0.240 e. The maximum absolute atomic E-state index is 12.1. The minimum absolute atomic E-state index is 0.0552. The van der Waals surface area contributed by atoms with Crippen molar-refractivity contribution >= 4 is 45.0 Å². The number of nitriles is 1. The summed E-state index contributed by atoms with van der Waals surface area (Å²) in [6, 6.07) is 13.1. The van der Waals surface area contributed by atoms with Gasteiger partial charge >= 0.3 is 0 Å².